The van der Waals surface area contributed by atoms with Crippen molar-refractivity contribution in [3.05, 3.63) is 35.4 Å². The first kappa shape index (κ1) is 13.9. The molecule has 0 spiro atoms. The highest BCUT2D eigenvalue weighted by molar-refractivity contribution is 8.00. The van der Waals surface area contributed by atoms with Crippen LogP contribution in [-0.4, -0.2) is 23.7 Å². The Morgan fingerprint density at radius 1 is 1.33 bits per heavy atom. The molecule has 1 aromatic carbocycles. The monoisotopic (exact) mass is 265 g/mol. The van der Waals surface area contributed by atoms with Crippen LogP contribution >= 0.6 is 11.8 Å². The Balaban J connectivity index is 1.91. The lowest BCUT2D eigenvalue weighted by Gasteiger charge is -2.18. The van der Waals surface area contributed by atoms with Crippen molar-refractivity contribution in [2.75, 3.05) is 12.4 Å². The van der Waals surface area contributed by atoms with Gasteiger partial charge in [-0.3, -0.25) is 0 Å². The molecule has 2 atom stereocenters. The zero-order valence-electron chi connectivity index (χ0n) is 11.3. The third-order valence-electron chi connectivity index (χ3n) is 3.51. The minimum atomic E-state index is 0.662. The van der Waals surface area contributed by atoms with Crippen LogP contribution in [-0.2, 0) is 17.9 Å². The zero-order chi connectivity index (χ0) is 12.8. The number of rotatable bonds is 6. The SMILES string of the molecule is CCOCc1ccccc1CNC1CCSC1C. The summed E-state index contributed by atoms with van der Waals surface area (Å²) in [6.45, 7) is 6.82. The van der Waals surface area contributed by atoms with Gasteiger partial charge < -0.3 is 10.1 Å². The average molecular weight is 265 g/mol. The second-order valence-corrected chi connectivity index (χ2v) is 6.24. The molecule has 1 N–H and O–H groups in total. The lowest BCUT2D eigenvalue weighted by molar-refractivity contribution is 0.133. The van der Waals surface area contributed by atoms with Crippen LogP contribution in [0.2, 0.25) is 0 Å². The predicted octanol–water partition coefficient (Wildman–Crippen LogP) is 3.21. The molecule has 1 saturated heterocycles. The number of ether oxygens (including phenoxy) is 1. The molecule has 100 valence electrons. The molecule has 2 nitrogen and oxygen atoms in total. The molecule has 1 aliphatic heterocycles. The van der Waals surface area contributed by atoms with Crippen LogP contribution in [0.25, 0.3) is 0 Å². The highest BCUT2D eigenvalue weighted by Gasteiger charge is 2.23. The van der Waals surface area contributed by atoms with Gasteiger partial charge in [0.25, 0.3) is 0 Å². The first-order valence-electron chi connectivity index (χ1n) is 6.80. The molecule has 1 heterocycles. The van der Waals surface area contributed by atoms with Crippen molar-refractivity contribution in [1.82, 2.24) is 5.32 Å². The number of hydrogen-bond acceptors (Lipinski definition) is 3. The summed E-state index contributed by atoms with van der Waals surface area (Å²) in [5, 5.41) is 4.43. The second-order valence-electron chi connectivity index (χ2n) is 4.76. The fraction of sp³-hybridized carbons (Fsp3) is 0.600. The molecule has 0 saturated carbocycles. The van der Waals surface area contributed by atoms with Crippen LogP contribution < -0.4 is 5.32 Å². The van der Waals surface area contributed by atoms with Gasteiger partial charge in [-0.05, 0) is 30.2 Å². The van der Waals surface area contributed by atoms with Crippen LogP contribution in [0.3, 0.4) is 0 Å². The number of benzene rings is 1. The fourth-order valence-corrected chi connectivity index (χ4v) is 3.55. The quantitative estimate of drug-likeness (QED) is 0.853. The van der Waals surface area contributed by atoms with Crippen LogP contribution in [0.5, 0.6) is 0 Å². The molecule has 2 rings (SSSR count). The zero-order valence-corrected chi connectivity index (χ0v) is 12.1. The summed E-state index contributed by atoms with van der Waals surface area (Å²) in [5.74, 6) is 1.29. The number of hydrogen-bond donors (Lipinski definition) is 1. The van der Waals surface area contributed by atoms with Crippen molar-refractivity contribution < 1.29 is 4.74 Å². The van der Waals surface area contributed by atoms with E-state index in [1.54, 1.807) is 0 Å². The Morgan fingerprint density at radius 2 is 2.11 bits per heavy atom. The highest BCUT2D eigenvalue weighted by atomic mass is 32.2. The van der Waals surface area contributed by atoms with E-state index in [0.717, 1.165) is 25.0 Å². The number of thioether (sulfide) groups is 1. The smallest absolute Gasteiger partial charge is 0.0719 e. The van der Waals surface area contributed by atoms with E-state index < -0.39 is 0 Å². The third kappa shape index (κ3) is 3.74. The summed E-state index contributed by atoms with van der Waals surface area (Å²) in [6.07, 6.45) is 1.29. The van der Waals surface area contributed by atoms with E-state index in [2.05, 4.69) is 48.3 Å². The molecular formula is C15H23NOS. The maximum Gasteiger partial charge on any atom is 0.0719 e. The summed E-state index contributed by atoms with van der Waals surface area (Å²) < 4.78 is 5.52. The minimum Gasteiger partial charge on any atom is -0.377 e. The lowest BCUT2D eigenvalue weighted by atomic mass is 10.1. The van der Waals surface area contributed by atoms with Crippen LogP contribution in [0.1, 0.15) is 31.4 Å². The van der Waals surface area contributed by atoms with E-state index in [0.29, 0.717) is 6.04 Å². The second kappa shape index (κ2) is 7.17. The Labute approximate surface area is 114 Å². The molecule has 3 heteroatoms. The van der Waals surface area contributed by atoms with Crippen molar-refractivity contribution in [2.24, 2.45) is 0 Å². The van der Waals surface area contributed by atoms with Gasteiger partial charge in [0.2, 0.25) is 0 Å². The van der Waals surface area contributed by atoms with E-state index in [-0.39, 0.29) is 0 Å². The lowest BCUT2D eigenvalue weighted by Crippen LogP contribution is -2.33. The maximum atomic E-state index is 5.52. The molecular weight excluding hydrogens is 242 g/mol. The maximum absolute atomic E-state index is 5.52. The van der Waals surface area contributed by atoms with E-state index >= 15 is 0 Å². The van der Waals surface area contributed by atoms with Gasteiger partial charge in [-0.25, -0.2) is 0 Å². The third-order valence-corrected chi connectivity index (χ3v) is 4.84. The summed E-state index contributed by atoms with van der Waals surface area (Å²) >= 11 is 2.07. The standard InChI is InChI=1S/C15H23NOS/c1-3-17-11-14-7-5-4-6-13(14)10-16-15-8-9-18-12(15)2/h4-7,12,15-16H,3,8-11H2,1-2H3. The van der Waals surface area contributed by atoms with Crippen molar-refractivity contribution in [3.8, 4) is 0 Å². The van der Waals surface area contributed by atoms with Gasteiger partial charge in [0, 0.05) is 24.4 Å². The topological polar surface area (TPSA) is 21.3 Å². The molecule has 0 amide bonds. The Kier molecular flexibility index (Phi) is 5.54. The molecule has 0 aliphatic carbocycles. The van der Waals surface area contributed by atoms with Gasteiger partial charge in [0.05, 0.1) is 6.61 Å². The van der Waals surface area contributed by atoms with Gasteiger partial charge in [-0.1, -0.05) is 31.2 Å². The Bertz CT molecular complexity index is 369. The van der Waals surface area contributed by atoms with E-state index in [1.807, 2.05) is 6.92 Å². The van der Waals surface area contributed by atoms with Gasteiger partial charge in [0.1, 0.15) is 0 Å². The largest absolute Gasteiger partial charge is 0.377 e. The molecule has 18 heavy (non-hydrogen) atoms. The van der Waals surface area contributed by atoms with Gasteiger partial charge in [-0.2, -0.15) is 11.8 Å². The molecule has 2 unspecified atom stereocenters. The fourth-order valence-electron chi connectivity index (χ4n) is 2.32. The summed E-state index contributed by atoms with van der Waals surface area (Å²) in [6, 6.07) is 9.23. The molecule has 1 aliphatic rings. The van der Waals surface area contributed by atoms with Gasteiger partial charge in [0.15, 0.2) is 0 Å². The van der Waals surface area contributed by atoms with Crippen LogP contribution in [0.4, 0.5) is 0 Å². The highest BCUT2D eigenvalue weighted by Crippen LogP contribution is 2.26. The molecule has 0 radical (unpaired) electrons. The normalized spacial score (nSPS) is 23.4. The molecule has 1 fully saturated rings. The van der Waals surface area contributed by atoms with Gasteiger partial charge >= 0.3 is 0 Å². The van der Waals surface area contributed by atoms with E-state index in [1.165, 1.54) is 23.3 Å². The first-order valence-corrected chi connectivity index (χ1v) is 7.85. The molecule has 0 bridgehead atoms. The van der Waals surface area contributed by atoms with Crippen molar-refractivity contribution >= 4 is 11.8 Å². The van der Waals surface area contributed by atoms with E-state index in [4.69, 9.17) is 4.74 Å². The minimum absolute atomic E-state index is 0.662. The predicted molar refractivity (Wildman–Crippen MR) is 78.9 cm³/mol. The van der Waals surface area contributed by atoms with Crippen molar-refractivity contribution in [1.29, 1.82) is 0 Å². The van der Waals surface area contributed by atoms with Crippen LogP contribution in [0, 0.1) is 0 Å². The average Bonchev–Trinajstić information content (AvgIpc) is 2.80. The first-order chi connectivity index (χ1) is 8.81. The van der Waals surface area contributed by atoms with Crippen LogP contribution in [0.15, 0.2) is 24.3 Å². The summed E-state index contributed by atoms with van der Waals surface area (Å²) in [5.41, 5.74) is 2.68. The summed E-state index contributed by atoms with van der Waals surface area (Å²) in [7, 11) is 0. The Morgan fingerprint density at radius 3 is 2.78 bits per heavy atom. The van der Waals surface area contributed by atoms with Crippen molar-refractivity contribution in [2.45, 2.75) is 44.7 Å². The number of nitrogens with one attached hydrogen (secondary N) is 1. The summed E-state index contributed by atoms with van der Waals surface area (Å²) in [4.78, 5) is 0. The molecule has 0 aromatic heterocycles. The molecule has 1 aromatic rings. The van der Waals surface area contributed by atoms with Gasteiger partial charge in [-0.15, -0.1) is 0 Å². The Hall–Kier alpha value is -0.510. The van der Waals surface area contributed by atoms with Crippen molar-refractivity contribution in [3.63, 3.8) is 0 Å². The van der Waals surface area contributed by atoms with E-state index in [9.17, 15) is 0 Å².